The van der Waals surface area contributed by atoms with E-state index in [9.17, 15) is 0 Å². The third-order valence-electron chi connectivity index (χ3n) is 14.2. The first kappa shape index (κ1) is 39.1. The van der Waals surface area contributed by atoms with Crippen LogP contribution in [0.2, 0.25) is 0 Å². The van der Waals surface area contributed by atoms with Gasteiger partial charge in [0.1, 0.15) is 5.52 Å². The van der Waals surface area contributed by atoms with Crippen molar-refractivity contribution in [2.75, 3.05) is 0 Å². The van der Waals surface area contributed by atoms with Crippen molar-refractivity contribution in [3.63, 3.8) is 0 Å². The fourth-order valence-electron chi connectivity index (χ4n) is 11.1. The molecule has 13 aromatic carbocycles. The van der Waals surface area contributed by atoms with Gasteiger partial charge < -0.3 is 4.42 Å². The largest absolute Gasteiger partial charge is 0.436 e. The molecule has 0 aliphatic rings. The summed E-state index contributed by atoms with van der Waals surface area (Å²) in [4.78, 5) is 4.85. The first-order chi connectivity index (χ1) is 34.2. The van der Waals surface area contributed by atoms with Gasteiger partial charge in [0.05, 0.1) is 0 Å². The number of aromatic nitrogens is 1. The summed E-state index contributed by atoms with van der Waals surface area (Å²) in [7, 11) is 0. The average Bonchev–Trinajstić information content (AvgIpc) is 3.86. The lowest BCUT2D eigenvalue weighted by molar-refractivity contribution is 0.620. The van der Waals surface area contributed by atoms with Crippen LogP contribution in [0.3, 0.4) is 0 Å². The maximum Gasteiger partial charge on any atom is 0.227 e. The Hall–Kier alpha value is -9.11. The SMILES string of the molecule is c1cc(-c2ccc3c(-c4ccc5ccccc5c4)c4ccccc4c(-c4ccc5ccccc5c4)c3c2)cc(-c2c3ccccc3c(-c3cccc(-c4nc5ccccc5o4)c3)c3ccccc23)c1. The number of oxazole rings is 1. The quantitative estimate of drug-likeness (QED) is 0.156. The summed E-state index contributed by atoms with van der Waals surface area (Å²) in [5, 5.41) is 14.7. The molecule has 0 unspecified atom stereocenters. The van der Waals surface area contributed by atoms with Gasteiger partial charge in [-0.15, -0.1) is 0 Å². The Bertz CT molecular complexity index is 4290. The number of hydrogen-bond donors (Lipinski definition) is 0. The van der Waals surface area contributed by atoms with Crippen molar-refractivity contribution in [3.8, 4) is 67.1 Å². The third-order valence-corrected chi connectivity index (χ3v) is 14.2. The minimum absolute atomic E-state index is 0.622. The van der Waals surface area contributed by atoms with Crippen LogP contribution in [0.25, 0.3) is 143 Å². The Balaban J connectivity index is 0.970. The van der Waals surface area contributed by atoms with Crippen molar-refractivity contribution < 1.29 is 4.42 Å². The van der Waals surface area contributed by atoms with Crippen molar-refractivity contribution in [2.45, 2.75) is 0 Å². The van der Waals surface area contributed by atoms with E-state index in [1.165, 1.54) is 115 Å². The molecule has 0 saturated carbocycles. The van der Waals surface area contributed by atoms with Crippen LogP contribution in [-0.4, -0.2) is 4.98 Å². The summed E-state index contributed by atoms with van der Waals surface area (Å²) in [6, 6.07) is 90.8. The third kappa shape index (κ3) is 6.45. The van der Waals surface area contributed by atoms with E-state index in [1.54, 1.807) is 0 Å². The van der Waals surface area contributed by atoms with Gasteiger partial charge in [0.2, 0.25) is 5.89 Å². The van der Waals surface area contributed by atoms with Crippen LogP contribution < -0.4 is 0 Å². The topological polar surface area (TPSA) is 26.0 Å². The number of fused-ring (bicyclic) bond motifs is 7. The highest BCUT2D eigenvalue weighted by molar-refractivity contribution is 6.24. The van der Waals surface area contributed by atoms with Gasteiger partial charge in [0, 0.05) is 5.56 Å². The Morgan fingerprint density at radius 2 is 0.609 bits per heavy atom. The van der Waals surface area contributed by atoms with Gasteiger partial charge in [-0.1, -0.05) is 200 Å². The highest BCUT2D eigenvalue weighted by atomic mass is 16.3. The molecular formula is C67H41NO. The summed E-state index contributed by atoms with van der Waals surface area (Å²) < 4.78 is 6.26. The van der Waals surface area contributed by atoms with Gasteiger partial charge in [0.15, 0.2) is 5.58 Å². The second-order valence-electron chi connectivity index (χ2n) is 18.2. The van der Waals surface area contributed by atoms with Crippen LogP contribution in [0.15, 0.2) is 253 Å². The van der Waals surface area contributed by atoms with Crippen molar-refractivity contribution >= 4 is 75.7 Å². The lowest BCUT2D eigenvalue weighted by atomic mass is 9.83. The van der Waals surface area contributed by atoms with Gasteiger partial charge in [0.25, 0.3) is 0 Å². The summed E-state index contributed by atoms with van der Waals surface area (Å²) >= 11 is 0. The molecule has 0 atom stereocenters. The Morgan fingerprint density at radius 1 is 0.232 bits per heavy atom. The summed E-state index contributed by atoms with van der Waals surface area (Å²) in [6.45, 7) is 0. The lowest BCUT2D eigenvalue weighted by Gasteiger charge is -2.20. The van der Waals surface area contributed by atoms with E-state index in [0.29, 0.717) is 5.89 Å². The molecule has 0 fully saturated rings. The molecule has 14 rings (SSSR count). The fourth-order valence-corrected chi connectivity index (χ4v) is 11.1. The zero-order valence-electron chi connectivity index (χ0n) is 37.5. The van der Waals surface area contributed by atoms with Crippen molar-refractivity contribution in [1.29, 1.82) is 0 Å². The van der Waals surface area contributed by atoms with Crippen LogP contribution in [0.4, 0.5) is 0 Å². The molecule has 0 aliphatic heterocycles. The van der Waals surface area contributed by atoms with Crippen molar-refractivity contribution in [2.24, 2.45) is 0 Å². The number of benzene rings is 13. The maximum absolute atomic E-state index is 6.26. The van der Waals surface area contributed by atoms with E-state index in [2.05, 4.69) is 224 Å². The normalized spacial score (nSPS) is 11.8. The van der Waals surface area contributed by atoms with Crippen LogP contribution in [0, 0.1) is 0 Å². The van der Waals surface area contributed by atoms with E-state index in [1.807, 2.05) is 24.3 Å². The monoisotopic (exact) mass is 875 g/mol. The van der Waals surface area contributed by atoms with E-state index >= 15 is 0 Å². The predicted octanol–water partition coefficient (Wildman–Crippen LogP) is 18.7. The number of hydrogen-bond acceptors (Lipinski definition) is 2. The van der Waals surface area contributed by atoms with Gasteiger partial charge >= 0.3 is 0 Å². The summed E-state index contributed by atoms with van der Waals surface area (Å²) in [6.07, 6.45) is 0. The molecule has 1 heterocycles. The van der Waals surface area contributed by atoms with Gasteiger partial charge in [-0.3, -0.25) is 0 Å². The molecule has 0 bridgehead atoms. The van der Waals surface area contributed by atoms with E-state index in [4.69, 9.17) is 9.40 Å². The zero-order valence-corrected chi connectivity index (χ0v) is 37.5. The lowest BCUT2D eigenvalue weighted by Crippen LogP contribution is -1.93. The molecule has 2 heteroatoms. The Morgan fingerprint density at radius 3 is 1.14 bits per heavy atom. The van der Waals surface area contributed by atoms with Crippen molar-refractivity contribution in [1.82, 2.24) is 4.98 Å². The molecule has 0 amide bonds. The summed E-state index contributed by atoms with van der Waals surface area (Å²) in [5.41, 5.74) is 14.6. The van der Waals surface area contributed by atoms with Crippen LogP contribution in [0.1, 0.15) is 0 Å². The average molecular weight is 876 g/mol. The molecule has 320 valence electrons. The van der Waals surface area contributed by atoms with Gasteiger partial charge in [-0.25, -0.2) is 4.98 Å². The number of nitrogens with zero attached hydrogens (tertiary/aromatic N) is 1. The minimum atomic E-state index is 0.622. The van der Waals surface area contributed by atoms with Crippen LogP contribution in [-0.2, 0) is 0 Å². The number of rotatable bonds is 6. The second kappa shape index (κ2) is 15.8. The highest BCUT2D eigenvalue weighted by Gasteiger charge is 2.21. The Kier molecular flexibility index (Phi) is 8.93. The van der Waals surface area contributed by atoms with E-state index < -0.39 is 0 Å². The predicted molar refractivity (Wildman–Crippen MR) is 292 cm³/mol. The minimum Gasteiger partial charge on any atom is -0.436 e. The number of para-hydroxylation sites is 2. The molecule has 0 saturated heterocycles. The molecule has 0 aliphatic carbocycles. The van der Waals surface area contributed by atoms with E-state index in [-0.39, 0.29) is 0 Å². The Labute approximate surface area is 399 Å². The maximum atomic E-state index is 6.26. The van der Waals surface area contributed by atoms with Gasteiger partial charge in [-0.05, 0) is 169 Å². The molecule has 1 aromatic heterocycles. The first-order valence-electron chi connectivity index (χ1n) is 23.7. The molecule has 69 heavy (non-hydrogen) atoms. The fraction of sp³-hybridized carbons (Fsp3) is 0. The first-order valence-corrected chi connectivity index (χ1v) is 23.7. The standard InChI is InChI=1S/C67H41NO/c1-3-17-44-37-50(33-31-42(44)15-1)65-57-27-9-10-28-58(57)66(51-34-32-43-16-2-4-18-45(43)38-51)60-41-47(35-36-59(60)65)46-19-13-20-48(39-46)63-53-23-5-7-25-55(53)64(56-26-8-6-24-54(56)63)49-21-14-22-52(40-49)67-68-61-29-11-12-30-62(61)69-67/h1-41H. The molecular weight excluding hydrogens is 835 g/mol. The van der Waals surface area contributed by atoms with Gasteiger partial charge in [-0.2, -0.15) is 0 Å². The smallest absolute Gasteiger partial charge is 0.227 e. The van der Waals surface area contributed by atoms with E-state index in [0.717, 1.165) is 22.2 Å². The van der Waals surface area contributed by atoms with Crippen LogP contribution >= 0.6 is 0 Å². The summed E-state index contributed by atoms with van der Waals surface area (Å²) in [5.74, 6) is 0.622. The molecule has 2 nitrogen and oxygen atoms in total. The van der Waals surface area contributed by atoms with Crippen LogP contribution in [0.5, 0.6) is 0 Å². The molecule has 0 N–H and O–H groups in total. The molecule has 0 spiro atoms. The molecule has 0 radical (unpaired) electrons. The van der Waals surface area contributed by atoms with Crippen molar-refractivity contribution in [3.05, 3.63) is 249 Å². The highest BCUT2D eigenvalue weighted by Crippen LogP contribution is 2.48. The second-order valence-corrected chi connectivity index (χ2v) is 18.2. The zero-order chi connectivity index (χ0) is 45.4. The molecule has 14 aromatic rings.